The molecule has 0 aliphatic carbocycles. The minimum absolute atomic E-state index is 0.145. The average Bonchev–Trinajstić information content (AvgIpc) is 2.88. The topological polar surface area (TPSA) is 54.3 Å². The summed E-state index contributed by atoms with van der Waals surface area (Å²) in [4.78, 5) is 22.7. The van der Waals surface area contributed by atoms with E-state index in [-0.39, 0.29) is 5.60 Å². The Morgan fingerprint density at radius 2 is 2.17 bits per heavy atom. The molecule has 1 heterocycles. The molecule has 0 saturated carbocycles. The van der Waals surface area contributed by atoms with Crippen molar-refractivity contribution in [1.29, 1.82) is 0 Å². The summed E-state index contributed by atoms with van der Waals surface area (Å²) in [5, 5.41) is 0. The molecule has 0 N–H and O–H groups in total. The normalized spacial score (nSPS) is 21.8. The van der Waals surface area contributed by atoms with Crippen LogP contribution >= 0.6 is 0 Å². The molecule has 0 bridgehead atoms. The highest BCUT2D eigenvalue weighted by Crippen LogP contribution is 2.28. The van der Waals surface area contributed by atoms with E-state index in [9.17, 15) is 4.79 Å². The van der Waals surface area contributed by atoms with E-state index in [0.29, 0.717) is 11.3 Å². The molecule has 5 heteroatoms. The second-order valence-corrected chi connectivity index (χ2v) is 7.41. The van der Waals surface area contributed by atoms with Crippen molar-refractivity contribution < 1.29 is 9.53 Å². The van der Waals surface area contributed by atoms with Gasteiger partial charge in [-0.2, -0.15) is 0 Å². The lowest BCUT2D eigenvalue weighted by atomic mass is 9.97. The van der Waals surface area contributed by atoms with Crippen molar-refractivity contribution in [3.05, 3.63) is 41.5 Å². The third-order valence-corrected chi connectivity index (χ3v) is 5.28. The van der Waals surface area contributed by atoms with E-state index >= 15 is 0 Å². The molecular formula is C24H31N3O2. The van der Waals surface area contributed by atoms with Gasteiger partial charge in [0.15, 0.2) is 6.29 Å². The lowest BCUT2D eigenvalue weighted by Gasteiger charge is -2.25. The molecule has 1 atom stereocenters. The SMILES string of the molecule is CC/C=C\C(C#Cc1ccc(C=O)c(N=C2CCC(C)(OC)CCN2C)c1)=NC. The zero-order chi connectivity index (χ0) is 21.3. The summed E-state index contributed by atoms with van der Waals surface area (Å²) in [5.41, 5.74) is 2.59. The summed E-state index contributed by atoms with van der Waals surface area (Å²) in [7, 11) is 5.53. The van der Waals surface area contributed by atoms with Gasteiger partial charge in [0.05, 0.1) is 11.3 Å². The molecular weight excluding hydrogens is 362 g/mol. The van der Waals surface area contributed by atoms with Crippen LogP contribution in [0.1, 0.15) is 55.5 Å². The molecule has 1 aromatic carbocycles. The van der Waals surface area contributed by atoms with Crippen LogP contribution in [0.25, 0.3) is 0 Å². The summed E-state index contributed by atoms with van der Waals surface area (Å²) >= 11 is 0. The molecule has 1 saturated heterocycles. The third-order valence-electron chi connectivity index (χ3n) is 5.28. The largest absolute Gasteiger partial charge is 0.378 e. The summed E-state index contributed by atoms with van der Waals surface area (Å²) in [5.74, 6) is 7.16. The van der Waals surface area contributed by atoms with Crippen LogP contribution < -0.4 is 0 Å². The van der Waals surface area contributed by atoms with Gasteiger partial charge in [-0.3, -0.25) is 9.79 Å². The van der Waals surface area contributed by atoms with Gasteiger partial charge in [-0.25, -0.2) is 4.99 Å². The van der Waals surface area contributed by atoms with Crippen LogP contribution in [0.3, 0.4) is 0 Å². The van der Waals surface area contributed by atoms with Gasteiger partial charge in [-0.05, 0) is 56.4 Å². The first kappa shape index (κ1) is 22.6. The molecule has 0 spiro atoms. The van der Waals surface area contributed by atoms with Crippen molar-refractivity contribution in [3.63, 3.8) is 0 Å². The van der Waals surface area contributed by atoms with Gasteiger partial charge in [0, 0.05) is 45.3 Å². The number of allylic oxidation sites excluding steroid dienone is 2. The molecule has 0 radical (unpaired) electrons. The minimum atomic E-state index is -0.145. The summed E-state index contributed by atoms with van der Waals surface area (Å²) < 4.78 is 5.69. The number of benzene rings is 1. The molecule has 5 nitrogen and oxygen atoms in total. The molecule has 1 aliphatic heterocycles. The number of carbonyl (C=O) groups excluding carboxylic acids is 1. The van der Waals surface area contributed by atoms with Crippen molar-refractivity contribution in [2.75, 3.05) is 27.7 Å². The number of carbonyl (C=O) groups is 1. The smallest absolute Gasteiger partial charge is 0.152 e. The van der Waals surface area contributed by atoms with Gasteiger partial charge >= 0.3 is 0 Å². The van der Waals surface area contributed by atoms with E-state index < -0.39 is 0 Å². The highest BCUT2D eigenvalue weighted by molar-refractivity contribution is 6.09. The standard InChI is InChI=1S/C24H31N3O2/c1-6-7-8-21(25-3)12-10-19-9-11-20(18-28)22(17-19)26-23-13-14-24(2,29-5)15-16-27(23)4/h7-9,11,17-18H,6,13-16H2,1-5H3/b8-7-,25-21?,26-23?. The molecule has 0 aromatic heterocycles. The Labute approximate surface area is 174 Å². The van der Waals surface area contributed by atoms with E-state index in [1.165, 1.54) is 0 Å². The maximum Gasteiger partial charge on any atom is 0.152 e. The van der Waals surface area contributed by atoms with Gasteiger partial charge in [0.1, 0.15) is 11.5 Å². The molecule has 1 aliphatic rings. The second kappa shape index (κ2) is 10.7. The summed E-state index contributed by atoms with van der Waals surface area (Å²) in [6.07, 6.45) is 8.35. The van der Waals surface area contributed by atoms with Gasteiger partial charge in [-0.1, -0.05) is 18.9 Å². The number of hydrogen-bond donors (Lipinski definition) is 0. The number of hydrogen-bond acceptors (Lipinski definition) is 4. The van der Waals surface area contributed by atoms with Crippen LogP contribution in [0.15, 0.2) is 40.3 Å². The Hall–Kier alpha value is -2.71. The minimum Gasteiger partial charge on any atom is -0.378 e. The highest BCUT2D eigenvalue weighted by atomic mass is 16.5. The van der Waals surface area contributed by atoms with E-state index in [4.69, 9.17) is 9.73 Å². The zero-order valence-corrected chi connectivity index (χ0v) is 18.2. The van der Waals surface area contributed by atoms with Crippen molar-refractivity contribution in [2.24, 2.45) is 9.98 Å². The first-order valence-electron chi connectivity index (χ1n) is 10.0. The maximum atomic E-state index is 11.5. The number of aldehydes is 1. The first-order chi connectivity index (χ1) is 13.9. The third kappa shape index (κ3) is 6.40. The maximum absolute atomic E-state index is 11.5. The molecule has 154 valence electrons. The van der Waals surface area contributed by atoms with Crippen LogP contribution in [0.5, 0.6) is 0 Å². The number of methoxy groups -OCH3 is 1. The molecule has 1 aromatic rings. The van der Waals surface area contributed by atoms with Crippen molar-refractivity contribution >= 4 is 23.5 Å². The fraction of sp³-hybridized carbons (Fsp3) is 0.458. The molecule has 1 fully saturated rings. The van der Waals surface area contributed by atoms with Crippen molar-refractivity contribution in [1.82, 2.24) is 4.90 Å². The quantitative estimate of drug-likeness (QED) is 0.422. The summed E-state index contributed by atoms with van der Waals surface area (Å²) in [6.45, 7) is 5.07. The Bertz CT molecular complexity index is 874. The van der Waals surface area contributed by atoms with Crippen LogP contribution in [-0.2, 0) is 4.74 Å². The monoisotopic (exact) mass is 393 g/mol. The van der Waals surface area contributed by atoms with Gasteiger partial charge in [0.2, 0.25) is 0 Å². The molecule has 0 amide bonds. The predicted molar refractivity (Wildman–Crippen MR) is 120 cm³/mol. The van der Waals surface area contributed by atoms with E-state index in [1.54, 1.807) is 20.2 Å². The molecule has 1 unspecified atom stereocenters. The van der Waals surface area contributed by atoms with Gasteiger partial charge < -0.3 is 9.64 Å². The Morgan fingerprint density at radius 1 is 1.38 bits per heavy atom. The number of aliphatic imine (C=N–C) groups is 2. The highest BCUT2D eigenvalue weighted by Gasteiger charge is 2.28. The zero-order valence-electron chi connectivity index (χ0n) is 18.2. The van der Waals surface area contributed by atoms with E-state index in [0.717, 1.165) is 55.6 Å². The van der Waals surface area contributed by atoms with Crippen molar-refractivity contribution in [2.45, 2.75) is 45.1 Å². The lowest BCUT2D eigenvalue weighted by Crippen LogP contribution is -2.29. The van der Waals surface area contributed by atoms with Crippen LogP contribution in [0, 0.1) is 11.8 Å². The van der Waals surface area contributed by atoms with Crippen LogP contribution in [0.4, 0.5) is 5.69 Å². The second-order valence-electron chi connectivity index (χ2n) is 7.41. The van der Waals surface area contributed by atoms with Crippen LogP contribution in [-0.4, -0.2) is 56.1 Å². The fourth-order valence-electron chi connectivity index (χ4n) is 3.07. The number of likely N-dealkylation sites (tertiary alicyclic amines) is 1. The fourth-order valence-corrected chi connectivity index (χ4v) is 3.07. The summed E-state index contributed by atoms with van der Waals surface area (Å²) in [6, 6.07) is 5.49. The average molecular weight is 394 g/mol. The van der Waals surface area contributed by atoms with Gasteiger partial charge in [0.25, 0.3) is 0 Å². The predicted octanol–water partition coefficient (Wildman–Crippen LogP) is 4.44. The number of rotatable bonds is 5. The molecule has 29 heavy (non-hydrogen) atoms. The van der Waals surface area contributed by atoms with Crippen LogP contribution in [0.2, 0.25) is 0 Å². The lowest BCUT2D eigenvalue weighted by molar-refractivity contribution is -0.00516. The Morgan fingerprint density at radius 3 is 2.83 bits per heavy atom. The number of ether oxygens (including phenoxy) is 1. The van der Waals surface area contributed by atoms with E-state index in [1.807, 2.05) is 31.3 Å². The Kier molecular flexibility index (Phi) is 8.35. The Balaban J connectivity index is 2.35. The number of amidine groups is 1. The van der Waals surface area contributed by atoms with Gasteiger partial charge in [-0.15, -0.1) is 0 Å². The van der Waals surface area contributed by atoms with Crippen molar-refractivity contribution in [3.8, 4) is 11.8 Å². The van der Waals surface area contributed by atoms with E-state index in [2.05, 4.69) is 35.6 Å². The number of nitrogens with zero attached hydrogens (tertiary/aromatic N) is 3. The first-order valence-corrected chi connectivity index (χ1v) is 10.0. The molecule has 2 rings (SSSR count).